The number of hydrogen-bond acceptors (Lipinski definition) is 7. The number of methoxy groups -OCH3 is 1. The zero-order valence-corrected chi connectivity index (χ0v) is 16.0. The Kier molecular flexibility index (Phi) is 5.91. The van der Waals surface area contributed by atoms with Gasteiger partial charge < -0.3 is 10.1 Å². The summed E-state index contributed by atoms with van der Waals surface area (Å²) in [7, 11) is -5.70. The highest BCUT2D eigenvalue weighted by Crippen LogP contribution is 2.19. The van der Waals surface area contributed by atoms with E-state index in [-0.39, 0.29) is 22.8 Å². The third-order valence-electron chi connectivity index (χ3n) is 3.86. The number of esters is 1. The van der Waals surface area contributed by atoms with E-state index < -0.39 is 44.3 Å². The summed E-state index contributed by atoms with van der Waals surface area (Å²) in [5, 5.41) is 2.55. The van der Waals surface area contributed by atoms with E-state index in [0.29, 0.717) is 6.42 Å². The van der Waals surface area contributed by atoms with E-state index in [2.05, 4.69) is 10.1 Å². The molecule has 1 heterocycles. The van der Waals surface area contributed by atoms with Crippen molar-refractivity contribution in [2.45, 2.75) is 12.5 Å². The minimum absolute atomic E-state index is 0.00271. The standard InChI is InChI=1S/C15H20N2O7S2/c1-24-15(19)11-3-5-13(6-4-11)17(25(2,20)21)9-14(18)16-12-7-8-26(22,23)10-12/h3-6,12H,7-10H2,1-2H3,(H,16,18). The summed E-state index contributed by atoms with van der Waals surface area (Å²) in [6.45, 7) is -0.493. The molecule has 0 radical (unpaired) electrons. The molecule has 0 aromatic heterocycles. The van der Waals surface area contributed by atoms with Crippen molar-refractivity contribution >= 4 is 37.4 Å². The van der Waals surface area contributed by atoms with Crippen LogP contribution in [0.5, 0.6) is 0 Å². The number of nitrogens with one attached hydrogen (secondary N) is 1. The first-order chi connectivity index (χ1) is 12.0. The molecule has 1 atom stereocenters. The van der Waals surface area contributed by atoms with Gasteiger partial charge in [0, 0.05) is 6.04 Å². The SMILES string of the molecule is COC(=O)c1ccc(N(CC(=O)NC2CCS(=O)(=O)C2)S(C)(=O)=O)cc1. The highest BCUT2D eigenvalue weighted by atomic mass is 32.2. The zero-order valence-electron chi connectivity index (χ0n) is 14.3. The number of rotatable bonds is 6. The molecule has 1 fully saturated rings. The van der Waals surface area contributed by atoms with E-state index in [0.717, 1.165) is 10.6 Å². The molecule has 1 unspecified atom stereocenters. The van der Waals surface area contributed by atoms with Gasteiger partial charge in [-0.05, 0) is 30.7 Å². The topological polar surface area (TPSA) is 127 Å². The summed E-state index contributed by atoms with van der Waals surface area (Å²) >= 11 is 0. The van der Waals surface area contributed by atoms with Gasteiger partial charge in [0.2, 0.25) is 15.9 Å². The largest absolute Gasteiger partial charge is 0.465 e. The van der Waals surface area contributed by atoms with Crippen LogP contribution in [-0.4, -0.2) is 66.2 Å². The molecule has 9 nitrogen and oxygen atoms in total. The summed E-state index contributed by atoms with van der Waals surface area (Å²) in [5.41, 5.74) is 0.444. The van der Waals surface area contributed by atoms with Crippen molar-refractivity contribution in [3.05, 3.63) is 29.8 Å². The van der Waals surface area contributed by atoms with Crippen molar-refractivity contribution in [1.82, 2.24) is 5.32 Å². The molecule has 26 heavy (non-hydrogen) atoms. The zero-order chi connectivity index (χ0) is 19.5. The van der Waals surface area contributed by atoms with Gasteiger partial charge in [-0.2, -0.15) is 0 Å². The lowest BCUT2D eigenvalue weighted by Crippen LogP contribution is -2.44. The number of anilines is 1. The van der Waals surface area contributed by atoms with Crippen LogP contribution in [-0.2, 0) is 29.4 Å². The van der Waals surface area contributed by atoms with Crippen molar-refractivity contribution in [3.63, 3.8) is 0 Å². The minimum Gasteiger partial charge on any atom is -0.465 e. The van der Waals surface area contributed by atoms with Crippen molar-refractivity contribution in [2.75, 3.05) is 35.7 Å². The second-order valence-electron chi connectivity index (χ2n) is 5.98. The van der Waals surface area contributed by atoms with Gasteiger partial charge in [0.1, 0.15) is 6.54 Å². The first-order valence-corrected chi connectivity index (χ1v) is 11.3. The summed E-state index contributed by atoms with van der Waals surface area (Å²) in [6.07, 6.45) is 1.26. The highest BCUT2D eigenvalue weighted by molar-refractivity contribution is 7.92. The molecule has 0 bridgehead atoms. The maximum atomic E-state index is 12.2. The highest BCUT2D eigenvalue weighted by Gasteiger charge is 2.30. The van der Waals surface area contributed by atoms with E-state index in [1.807, 2.05) is 0 Å². The third kappa shape index (κ3) is 5.18. The third-order valence-corrected chi connectivity index (χ3v) is 6.77. The summed E-state index contributed by atoms with van der Waals surface area (Å²) in [6, 6.07) is 5.04. The van der Waals surface area contributed by atoms with E-state index >= 15 is 0 Å². The number of amides is 1. The number of hydrogen-bond donors (Lipinski definition) is 1. The van der Waals surface area contributed by atoms with Gasteiger partial charge in [-0.1, -0.05) is 0 Å². The Bertz CT molecular complexity index is 892. The van der Waals surface area contributed by atoms with Crippen LogP contribution in [0.1, 0.15) is 16.8 Å². The number of nitrogens with zero attached hydrogens (tertiary/aromatic N) is 1. The number of sulfonamides is 1. The minimum atomic E-state index is -3.77. The molecule has 1 aliphatic heterocycles. The molecular weight excluding hydrogens is 384 g/mol. The first kappa shape index (κ1) is 20.2. The first-order valence-electron chi connectivity index (χ1n) is 7.68. The van der Waals surface area contributed by atoms with Crippen molar-refractivity contribution in [1.29, 1.82) is 0 Å². The van der Waals surface area contributed by atoms with E-state index in [1.54, 1.807) is 0 Å². The molecule has 1 amide bonds. The van der Waals surface area contributed by atoms with Crippen molar-refractivity contribution < 1.29 is 31.2 Å². The number of carbonyl (C=O) groups is 2. The average molecular weight is 404 g/mol. The second kappa shape index (κ2) is 7.62. The molecule has 1 saturated heterocycles. The van der Waals surface area contributed by atoms with Gasteiger partial charge >= 0.3 is 5.97 Å². The van der Waals surface area contributed by atoms with Crippen LogP contribution in [0.25, 0.3) is 0 Å². The lowest BCUT2D eigenvalue weighted by molar-refractivity contribution is -0.120. The Labute approximate surface area is 152 Å². The Morgan fingerprint density at radius 1 is 1.27 bits per heavy atom. The molecule has 11 heteroatoms. The smallest absolute Gasteiger partial charge is 0.337 e. The number of sulfone groups is 1. The van der Waals surface area contributed by atoms with Crippen LogP contribution in [0.2, 0.25) is 0 Å². The van der Waals surface area contributed by atoms with E-state index in [4.69, 9.17) is 0 Å². The summed E-state index contributed by atoms with van der Waals surface area (Å²) in [4.78, 5) is 23.6. The Hall–Kier alpha value is -2.14. The van der Waals surface area contributed by atoms with Crippen molar-refractivity contribution in [3.8, 4) is 0 Å². The van der Waals surface area contributed by atoms with Crippen LogP contribution >= 0.6 is 0 Å². The molecule has 0 aliphatic carbocycles. The van der Waals surface area contributed by atoms with Gasteiger partial charge in [0.25, 0.3) is 0 Å². The van der Waals surface area contributed by atoms with Crippen LogP contribution in [0.4, 0.5) is 5.69 Å². The lowest BCUT2D eigenvalue weighted by Gasteiger charge is -2.23. The van der Waals surface area contributed by atoms with E-state index in [9.17, 15) is 26.4 Å². The molecule has 0 spiro atoms. The molecule has 1 aromatic rings. The Balaban J connectivity index is 2.13. The maximum Gasteiger partial charge on any atom is 0.337 e. The molecule has 2 rings (SSSR count). The number of benzene rings is 1. The van der Waals surface area contributed by atoms with Gasteiger partial charge in [-0.25, -0.2) is 21.6 Å². The fraction of sp³-hybridized carbons (Fsp3) is 0.467. The fourth-order valence-electron chi connectivity index (χ4n) is 2.59. The van der Waals surface area contributed by atoms with Gasteiger partial charge in [0.05, 0.1) is 36.1 Å². The van der Waals surface area contributed by atoms with Gasteiger partial charge in [-0.3, -0.25) is 9.10 Å². The number of carbonyl (C=O) groups excluding carboxylic acids is 2. The average Bonchev–Trinajstić information content (AvgIpc) is 2.89. The normalized spacial score (nSPS) is 18.9. The van der Waals surface area contributed by atoms with Crippen LogP contribution in [0.3, 0.4) is 0 Å². The van der Waals surface area contributed by atoms with Crippen molar-refractivity contribution in [2.24, 2.45) is 0 Å². The van der Waals surface area contributed by atoms with Gasteiger partial charge in [0.15, 0.2) is 9.84 Å². The quantitative estimate of drug-likeness (QED) is 0.636. The maximum absolute atomic E-state index is 12.2. The van der Waals surface area contributed by atoms with Gasteiger partial charge in [-0.15, -0.1) is 0 Å². The second-order valence-corrected chi connectivity index (χ2v) is 10.1. The number of ether oxygens (including phenoxy) is 1. The van der Waals surface area contributed by atoms with Crippen LogP contribution in [0.15, 0.2) is 24.3 Å². The Morgan fingerprint density at radius 2 is 1.88 bits per heavy atom. The van der Waals surface area contributed by atoms with Crippen LogP contribution < -0.4 is 9.62 Å². The monoisotopic (exact) mass is 404 g/mol. The lowest BCUT2D eigenvalue weighted by atomic mass is 10.2. The molecule has 1 aromatic carbocycles. The fourth-order valence-corrected chi connectivity index (χ4v) is 5.12. The molecule has 0 saturated carbocycles. The molecule has 1 aliphatic rings. The predicted molar refractivity (Wildman–Crippen MR) is 95.2 cm³/mol. The summed E-state index contributed by atoms with van der Waals surface area (Å²) < 4.78 is 52.4. The van der Waals surface area contributed by atoms with Crippen LogP contribution in [0, 0.1) is 0 Å². The predicted octanol–water partition coefficient (Wildman–Crippen LogP) is -0.457. The van der Waals surface area contributed by atoms with E-state index in [1.165, 1.54) is 31.4 Å². The Morgan fingerprint density at radius 3 is 2.35 bits per heavy atom. The summed E-state index contributed by atoms with van der Waals surface area (Å²) in [5.74, 6) is -1.31. The molecule has 1 N–H and O–H groups in total. The molecule has 144 valence electrons. The molecular formula is C15H20N2O7S2.